The Balaban J connectivity index is 1.86. The van der Waals surface area contributed by atoms with Gasteiger partial charge in [0.15, 0.2) is 0 Å². The zero-order valence-electron chi connectivity index (χ0n) is 13.7. The highest BCUT2D eigenvalue weighted by atomic mass is 35.5. The van der Waals surface area contributed by atoms with E-state index < -0.39 is 5.91 Å². The van der Waals surface area contributed by atoms with Crippen molar-refractivity contribution in [3.63, 3.8) is 0 Å². The highest BCUT2D eigenvalue weighted by molar-refractivity contribution is 6.30. The van der Waals surface area contributed by atoms with Crippen molar-refractivity contribution in [2.45, 2.75) is 6.92 Å². The first-order valence-corrected chi connectivity index (χ1v) is 8.05. The van der Waals surface area contributed by atoms with E-state index in [0.717, 1.165) is 0 Å². The Kier molecular flexibility index (Phi) is 6.98. The van der Waals surface area contributed by atoms with Crippen LogP contribution in [0.15, 0.2) is 53.6 Å². The van der Waals surface area contributed by atoms with E-state index in [9.17, 15) is 9.59 Å². The number of hydrogen-bond acceptors (Lipinski definition) is 4. The summed E-state index contributed by atoms with van der Waals surface area (Å²) in [5.74, 6) is -0.156. The van der Waals surface area contributed by atoms with Crippen molar-refractivity contribution in [3.05, 3.63) is 64.7 Å². The molecule has 0 saturated heterocycles. The fourth-order valence-electron chi connectivity index (χ4n) is 1.97. The molecule has 0 saturated carbocycles. The Labute approximate surface area is 150 Å². The van der Waals surface area contributed by atoms with Crippen molar-refractivity contribution in [1.82, 2.24) is 10.7 Å². The highest BCUT2D eigenvalue weighted by Crippen LogP contribution is 2.21. The Morgan fingerprint density at radius 3 is 2.68 bits per heavy atom. The first kappa shape index (κ1) is 18.5. The van der Waals surface area contributed by atoms with Crippen LogP contribution in [0.5, 0.6) is 5.75 Å². The van der Waals surface area contributed by atoms with Crippen LogP contribution in [0.3, 0.4) is 0 Å². The molecule has 2 aromatic rings. The van der Waals surface area contributed by atoms with Crippen LogP contribution in [-0.4, -0.2) is 31.2 Å². The van der Waals surface area contributed by atoms with Gasteiger partial charge in [-0.3, -0.25) is 9.59 Å². The minimum Gasteiger partial charge on any atom is -0.493 e. The Morgan fingerprint density at radius 1 is 1.20 bits per heavy atom. The van der Waals surface area contributed by atoms with E-state index in [-0.39, 0.29) is 12.5 Å². The lowest BCUT2D eigenvalue weighted by atomic mass is 10.2. The van der Waals surface area contributed by atoms with Gasteiger partial charge in [0.1, 0.15) is 5.75 Å². The molecule has 2 N–H and O–H groups in total. The number of rotatable bonds is 7. The van der Waals surface area contributed by atoms with Gasteiger partial charge in [-0.25, -0.2) is 5.43 Å². The number of hydrazone groups is 1. The van der Waals surface area contributed by atoms with Gasteiger partial charge >= 0.3 is 0 Å². The van der Waals surface area contributed by atoms with Gasteiger partial charge in [0.05, 0.1) is 19.4 Å². The van der Waals surface area contributed by atoms with E-state index in [2.05, 4.69) is 15.8 Å². The summed E-state index contributed by atoms with van der Waals surface area (Å²) in [5, 5.41) is 6.91. The minimum atomic E-state index is -0.444. The average molecular weight is 360 g/mol. The van der Waals surface area contributed by atoms with Gasteiger partial charge < -0.3 is 10.1 Å². The summed E-state index contributed by atoms with van der Waals surface area (Å²) in [5.41, 5.74) is 3.47. The van der Waals surface area contributed by atoms with Gasteiger partial charge in [-0.15, -0.1) is 0 Å². The number of ether oxygens (including phenoxy) is 1. The Morgan fingerprint density at radius 2 is 1.96 bits per heavy atom. The molecule has 0 aliphatic rings. The van der Waals surface area contributed by atoms with Gasteiger partial charge in [0, 0.05) is 16.1 Å². The average Bonchev–Trinajstić information content (AvgIpc) is 2.62. The van der Waals surface area contributed by atoms with Crippen LogP contribution in [0.1, 0.15) is 22.8 Å². The second-order valence-corrected chi connectivity index (χ2v) is 5.39. The van der Waals surface area contributed by atoms with Gasteiger partial charge in [-0.2, -0.15) is 5.10 Å². The molecule has 7 heteroatoms. The van der Waals surface area contributed by atoms with Crippen LogP contribution >= 0.6 is 11.6 Å². The SMILES string of the molecule is CCOc1ccc(Cl)cc1/C=N/NC(=O)CNC(=O)c1ccccc1. The summed E-state index contributed by atoms with van der Waals surface area (Å²) < 4.78 is 5.46. The Bertz CT molecular complexity index is 763. The second kappa shape index (κ2) is 9.44. The third-order valence-corrected chi connectivity index (χ3v) is 3.35. The number of benzene rings is 2. The van der Waals surface area contributed by atoms with Gasteiger partial charge in [-0.1, -0.05) is 29.8 Å². The first-order chi connectivity index (χ1) is 12.1. The zero-order valence-corrected chi connectivity index (χ0v) is 14.4. The lowest BCUT2D eigenvalue weighted by Crippen LogP contribution is -2.34. The summed E-state index contributed by atoms with van der Waals surface area (Å²) in [4.78, 5) is 23.6. The van der Waals surface area contributed by atoms with E-state index in [1.165, 1.54) is 6.21 Å². The Hall–Kier alpha value is -2.86. The monoisotopic (exact) mass is 359 g/mol. The summed E-state index contributed by atoms with van der Waals surface area (Å²) in [6, 6.07) is 13.8. The van der Waals surface area contributed by atoms with Crippen molar-refractivity contribution >= 4 is 29.6 Å². The number of carbonyl (C=O) groups is 2. The molecule has 0 heterocycles. The molecule has 6 nitrogen and oxygen atoms in total. The number of nitrogens with zero attached hydrogens (tertiary/aromatic N) is 1. The lowest BCUT2D eigenvalue weighted by molar-refractivity contribution is -0.120. The minimum absolute atomic E-state index is 0.182. The predicted octanol–water partition coefficient (Wildman–Crippen LogP) is 2.62. The third kappa shape index (κ3) is 5.93. The first-order valence-electron chi connectivity index (χ1n) is 7.67. The number of amides is 2. The number of halogens is 1. The maximum atomic E-state index is 11.8. The van der Waals surface area contributed by atoms with Crippen LogP contribution in [0, 0.1) is 0 Å². The molecule has 0 aliphatic carbocycles. The molecule has 25 heavy (non-hydrogen) atoms. The lowest BCUT2D eigenvalue weighted by Gasteiger charge is -2.07. The summed E-state index contributed by atoms with van der Waals surface area (Å²) in [6.45, 7) is 2.19. The van der Waals surface area contributed by atoms with Crippen molar-refractivity contribution in [2.75, 3.05) is 13.2 Å². The molecule has 0 unspecified atom stereocenters. The van der Waals surface area contributed by atoms with Gasteiger partial charge in [-0.05, 0) is 37.3 Å². The molecule has 0 fully saturated rings. The van der Waals surface area contributed by atoms with E-state index in [4.69, 9.17) is 16.3 Å². The number of nitrogens with one attached hydrogen (secondary N) is 2. The molecule has 0 radical (unpaired) electrons. The van der Waals surface area contributed by atoms with Crippen LogP contribution in [0.4, 0.5) is 0 Å². The number of carbonyl (C=O) groups excluding carboxylic acids is 2. The standard InChI is InChI=1S/C18H18ClN3O3/c1-2-25-16-9-8-15(19)10-14(16)11-21-22-17(23)12-20-18(24)13-6-4-3-5-7-13/h3-11H,2,12H2,1H3,(H,20,24)(H,22,23)/b21-11+. The van der Waals surface area contributed by atoms with Crippen molar-refractivity contribution in [2.24, 2.45) is 5.10 Å². The molecule has 0 atom stereocenters. The topological polar surface area (TPSA) is 79.8 Å². The van der Waals surface area contributed by atoms with Crippen LogP contribution in [-0.2, 0) is 4.79 Å². The molecular formula is C18H18ClN3O3. The smallest absolute Gasteiger partial charge is 0.259 e. The van der Waals surface area contributed by atoms with E-state index >= 15 is 0 Å². The third-order valence-electron chi connectivity index (χ3n) is 3.11. The predicted molar refractivity (Wildman–Crippen MR) is 97.1 cm³/mol. The summed E-state index contributed by atoms with van der Waals surface area (Å²) in [7, 11) is 0. The largest absolute Gasteiger partial charge is 0.493 e. The normalized spacial score (nSPS) is 10.5. The van der Waals surface area contributed by atoms with E-state index in [1.807, 2.05) is 13.0 Å². The van der Waals surface area contributed by atoms with Crippen LogP contribution < -0.4 is 15.5 Å². The molecule has 0 bridgehead atoms. The van der Waals surface area contributed by atoms with Gasteiger partial charge in [0.2, 0.25) is 0 Å². The summed E-state index contributed by atoms with van der Waals surface area (Å²) in [6.07, 6.45) is 1.44. The zero-order chi connectivity index (χ0) is 18.1. The van der Waals surface area contributed by atoms with Crippen molar-refractivity contribution < 1.29 is 14.3 Å². The quantitative estimate of drug-likeness (QED) is 0.589. The summed E-state index contributed by atoms with van der Waals surface area (Å²) >= 11 is 5.95. The van der Waals surface area contributed by atoms with E-state index in [1.54, 1.807) is 42.5 Å². The van der Waals surface area contributed by atoms with Crippen molar-refractivity contribution in [3.8, 4) is 5.75 Å². The van der Waals surface area contributed by atoms with Gasteiger partial charge in [0.25, 0.3) is 11.8 Å². The molecule has 2 amide bonds. The molecular weight excluding hydrogens is 342 g/mol. The molecule has 2 aromatic carbocycles. The molecule has 2 rings (SSSR count). The molecule has 0 aromatic heterocycles. The maximum Gasteiger partial charge on any atom is 0.259 e. The van der Waals surface area contributed by atoms with E-state index in [0.29, 0.717) is 28.5 Å². The maximum absolute atomic E-state index is 11.8. The molecule has 0 aliphatic heterocycles. The molecule has 130 valence electrons. The molecule has 0 spiro atoms. The second-order valence-electron chi connectivity index (χ2n) is 4.96. The fraction of sp³-hybridized carbons (Fsp3) is 0.167. The van der Waals surface area contributed by atoms with Crippen LogP contribution in [0.25, 0.3) is 0 Å². The number of hydrogen-bond donors (Lipinski definition) is 2. The van der Waals surface area contributed by atoms with Crippen molar-refractivity contribution in [1.29, 1.82) is 0 Å². The van der Waals surface area contributed by atoms with Crippen LogP contribution in [0.2, 0.25) is 5.02 Å². The highest BCUT2D eigenvalue weighted by Gasteiger charge is 2.07. The fourth-order valence-corrected chi connectivity index (χ4v) is 2.15.